The Kier molecular flexibility index (Phi) is 4.61. The molecule has 0 saturated heterocycles. The number of hydrogen-bond acceptors (Lipinski definition) is 4. The van der Waals surface area contributed by atoms with Gasteiger partial charge in [0.2, 0.25) is 0 Å². The van der Waals surface area contributed by atoms with E-state index in [9.17, 15) is 22.0 Å². The third-order valence-electron chi connectivity index (χ3n) is 2.07. The number of ether oxygens (including phenoxy) is 1. The van der Waals surface area contributed by atoms with E-state index >= 15 is 0 Å². The first-order chi connectivity index (χ1) is 8.78. The van der Waals surface area contributed by atoms with E-state index in [2.05, 4.69) is 9.72 Å². The van der Waals surface area contributed by atoms with Crippen molar-refractivity contribution >= 4 is 0 Å². The predicted octanol–water partition coefficient (Wildman–Crippen LogP) is 2.44. The van der Waals surface area contributed by atoms with E-state index in [1.54, 1.807) is 6.07 Å². The molecule has 2 N–H and O–H groups in total. The molecule has 0 aliphatic heterocycles. The lowest BCUT2D eigenvalue weighted by Gasteiger charge is -2.15. The van der Waals surface area contributed by atoms with Crippen LogP contribution in [0.3, 0.4) is 0 Å². The summed E-state index contributed by atoms with van der Waals surface area (Å²) in [6.07, 6.45) is -8.57. The van der Waals surface area contributed by atoms with E-state index in [-0.39, 0.29) is 11.4 Å². The highest BCUT2D eigenvalue weighted by molar-refractivity contribution is 5.37. The number of rotatable bonds is 4. The van der Waals surface area contributed by atoms with Gasteiger partial charge in [0.1, 0.15) is 0 Å². The lowest BCUT2D eigenvalue weighted by Crippen LogP contribution is -2.20. The third kappa shape index (κ3) is 4.03. The molecule has 0 spiro atoms. The Morgan fingerprint density at radius 3 is 2.42 bits per heavy atom. The molecule has 0 saturated carbocycles. The second kappa shape index (κ2) is 5.79. The van der Waals surface area contributed by atoms with Crippen LogP contribution in [0.1, 0.15) is 23.4 Å². The summed E-state index contributed by atoms with van der Waals surface area (Å²) in [7, 11) is 0. The number of aromatic nitrogens is 1. The van der Waals surface area contributed by atoms with Crippen molar-refractivity contribution in [2.75, 3.05) is 0 Å². The standard InChI is InChI=1S/C10H8F5N3O/c11-9(12)5-3-8(19-10(13,14)15)7(4-17)18-6(5)1-2-16/h3,9H,1,4,17H2. The summed E-state index contributed by atoms with van der Waals surface area (Å²) in [6.45, 7) is -0.437. The van der Waals surface area contributed by atoms with Crippen LogP contribution in [0, 0.1) is 11.3 Å². The molecule has 1 aromatic heterocycles. The topological polar surface area (TPSA) is 71.9 Å². The van der Waals surface area contributed by atoms with Crippen molar-refractivity contribution in [3.05, 3.63) is 23.0 Å². The fraction of sp³-hybridized carbons (Fsp3) is 0.400. The maximum Gasteiger partial charge on any atom is 0.573 e. The summed E-state index contributed by atoms with van der Waals surface area (Å²) in [4.78, 5) is 3.53. The molecule has 1 aromatic rings. The van der Waals surface area contributed by atoms with Gasteiger partial charge in [0.25, 0.3) is 6.43 Å². The van der Waals surface area contributed by atoms with Gasteiger partial charge in [-0.25, -0.2) is 8.78 Å². The summed E-state index contributed by atoms with van der Waals surface area (Å²) in [5.41, 5.74) is 3.75. The van der Waals surface area contributed by atoms with Gasteiger partial charge in [0, 0.05) is 12.1 Å². The molecule has 0 aromatic carbocycles. The van der Waals surface area contributed by atoms with Gasteiger partial charge in [0.15, 0.2) is 5.75 Å². The number of nitrogens with two attached hydrogens (primary N) is 1. The zero-order valence-electron chi connectivity index (χ0n) is 9.34. The fourth-order valence-corrected chi connectivity index (χ4v) is 1.36. The van der Waals surface area contributed by atoms with Crippen LogP contribution in [-0.4, -0.2) is 11.3 Å². The maximum atomic E-state index is 12.7. The molecule has 0 aliphatic rings. The highest BCUT2D eigenvalue weighted by Gasteiger charge is 2.33. The molecule has 0 aliphatic carbocycles. The zero-order chi connectivity index (χ0) is 14.6. The Labute approximate surface area is 104 Å². The summed E-state index contributed by atoms with van der Waals surface area (Å²) in [5.74, 6) is -0.882. The van der Waals surface area contributed by atoms with Crippen molar-refractivity contribution < 1.29 is 26.7 Å². The predicted molar refractivity (Wildman–Crippen MR) is 53.1 cm³/mol. The van der Waals surface area contributed by atoms with Crippen LogP contribution in [0.15, 0.2) is 6.07 Å². The van der Waals surface area contributed by atoms with Crippen LogP contribution in [0.2, 0.25) is 0 Å². The molecular formula is C10H8F5N3O. The van der Waals surface area contributed by atoms with E-state index in [4.69, 9.17) is 11.0 Å². The van der Waals surface area contributed by atoms with Crippen LogP contribution in [0.5, 0.6) is 5.75 Å². The van der Waals surface area contributed by atoms with Crippen LogP contribution < -0.4 is 10.5 Å². The van der Waals surface area contributed by atoms with E-state index in [1.165, 1.54) is 0 Å². The third-order valence-corrected chi connectivity index (χ3v) is 2.07. The van der Waals surface area contributed by atoms with Gasteiger partial charge >= 0.3 is 6.36 Å². The van der Waals surface area contributed by atoms with Gasteiger partial charge in [0.05, 0.1) is 23.9 Å². The molecule has 0 amide bonds. The van der Waals surface area contributed by atoms with Crippen molar-refractivity contribution in [3.63, 3.8) is 0 Å². The second-order valence-corrected chi connectivity index (χ2v) is 3.36. The maximum absolute atomic E-state index is 12.7. The summed E-state index contributed by atoms with van der Waals surface area (Å²) in [5, 5.41) is 8.47. The highest BCUT2D eigenvalue weighted by Crippen LogP contribution is 2.31. The van der Waals surface area contributed by atoms with E-state index in [0.717, 1.165) is 0 Å². The Morgan fingerprint density at radius 2 is 2.00 bits per heavy atom. The monoisotopic (exact) mass is 281 g/mol. The minimum atomic E-state index is -5.04. The molecule has 0 radical (unpaired) electrons. The molecular weight excluding hydrogens is 273 g/mol. The number of hydrogen-bond donors (Lipinski definition) is 1. The average molecular weight is 281 g/mol. The summed E-state index contributed by atoms with van der Waals surface area (Å²) >= 11 is 0. The minimum Gasteiger partial charge on any atom is -0.404 e. The Balaban J connectivity index is 3.32. The molecule has 104 valence electrons. The Morgan fingerprint density at radius 1 is 1.37 bits per heavy atom. The first kappa shape index (κ1) is 15.1. The second-order valence-electron chi connectivity index (χ2n) is 3.36. The van der Waals surface area contributed by atoms with E-state index in [0.29, 0.717) is 6.07 Å². The van der Waals surface area contributed by atoms with Gasteiger partial charge < -0.3 is 10.5 Å². The summed E-state index contributed by atoms with van der Waals surface area (Å²) < 4.78 is 65.3. The summed E-state index contributed by atoms with van der Waals surface area (Å²) in [6, 6.07) is 2.11. The van der Waals surface area contributed by atoms with Crippen molar-refractivity contribution in [1.29, 1.82) is 5.26 Å². The molecule has 0 unspecified atom stereocenters. The number of nitrogens with zero attached hydrogens (tertiary/aromatic N) is 2. The van der Waals surface area contributed by atoms with Crippen LogP contribution in [0.25, 0.3) is 0 Å². The van der Waals surface area contributed by atoms with Crippen molar-refractivity contribution in [2.45, 2.75) is 25.8 Å². The normalized spacial score (nSPS) is 11.5. The largest absolute Gasteiger partial charge is 0.573 e. The SMILES string of the molecule is N#CCc1nc(CN)c(OC(F)(F)F)cc1C(F)F. The number of nitriles is 1. The van der Waals surface area contributed by atoms with Gasteiger partial charge in [-0.3, -0.25) is 4.98 Å². The molecule has 4 nitrogen and oxygen atoms in total. The van der Waals surface area contributed by atoms with Gasteiger partial charge in [-0.15, -0.1) is 13.2 Å². The molecule has 1 heterocycles. The molecule has 0 atom stereocenters. The highest BCUT2D eigenvalue weighted by atomic mass is 19.4. The Bertz CT molecular complexity index is 495. The first-order valence-corrected chi connectivity index (χ1v) is 4.92. The molecule has 19 heavy (non-hydrogen) atoms. The van der Waals surface area contributed by atoms with Crippen molar-refractivity contribution in [1.82, 2.24) is 4.98 Å². The van der Waals surface area contributed by atoms with Crippen LogP contribution in [-0.2, 0) is 13.0 Å². The van der Waals surface area contributed by atoms with Gasteiger partial charge in [-0.1, -0.05) is 0 Å². The first-order valence-electron chi connectivity index (χ1n) is 4.92. The lowest BCUT2D eigenvalue weighted by molar-refractivity contribution is -0.275. The van der Waals surface area contributed by atoms with E-state index < -0.39 is 37.1 Å². The lowest BCUT2D eigenvalue weighted by atomic mass is 10.1. The van der Waals surface area contributed by atoms with Crippen LogP contribution in [0.4, 0.5) is 22.0 Å². The average Bonchev–Trinajstić information content (AvgIpc) is 2.28. The fourth-order valence-electron chi connectivity index (χ4n) is 1.36. The van der Waals surface area contributed by atoms with Gasteiger partial charge in [-0.05, 0) is 6.07 Å². The van der Waals surface area contributed by atoms with Crippen molar-refractivity contribution in [3.8, 4) is 11.8 Å². The molecule has 9 heteroatoms. The smallest absolute Gasteiger partial charge is 0.404 e. The van der Waals surface area contributed by atoms with E-state index in [1.807, 2.05) is 0 Å². The number of alkyl halides is 5. The molecule has 1 rings (SSSR count). The number of halogens is 5. The minimum absolute atomic E-state index is 0.313. The van der Waals surface area contributed by atoms with Gasteiger partial charge in [-0.2, -0.15) is 5.26 Å². The Hall–Kier alpha value is -1.95. The zero-order valence-corrected chi connectivity index (χ0v) is 9.34. The molecule has 0 bridgehead atoms. The number of pyridine rings is 1. The quantitative estimate of drug-likeness (QED) is 0.860. The van der Waals surface area contributed by atoms with Crippen molar-refractivity contribution in [2.24, 2.45) is 5.73 Å². The van der Waals surface area contributed by atoms with Crippen LogP contribution >= 0.6 is 0 Å². The molecule has 0 fully saturated rings.